The van der Waals surface area contributed by atoms with Gasteiger partial charge in [0.2, 0.25) is 5.91 Å². The van der Waals surface area contributed by atoms with Gasteiger partial charge in [0, 0.05) is 11.3 Å². The van der Waals surface area contributed by atoms with Crippen LogP contribution >= 0.6 is 11.8 Å². The average molecular weight is 407 g/mol. The number of aromatic nitrogens is 2. The number of aromatic carboxylic acids is 1. The number of carbonyl (C=O) groups excluding carboxylic acids is 1. The summed E-state index contributed by atoms with van der Waals surface area (Å²) in [7, 11) is 0. The highest BCUT2D eigenvalue weighted by Crippen LogP contribution is 2.28. The van der Waals surface area contributed by atoms with E-state index in [2.05, 4.69) is 15.3 Å². The highest BCUT2D eigenvalue weighted by atomic mass is 32.2. The van der Waals surface area contributed by atoms with Crippen LogP contribution in [0.15, 0.2) is 65.7 Å². The second-order valence-corrected chi connectivity index (χ2v) is 7.61. The van der Waals surface area contributed by atoms with Gasteiger partial charge in [-0.3, -0.25) is 4.79 Å². The third kappa shape index (κ3) is 5.42. The molecule has 0 saturated carbocycles. The second kappa shape index (κ2) is 9.34. The van der Waals surface area contributed by atoms with Crippen LogP contribution in [0.5, 0.6) is 0 Å². The molecular formula is C22H21N3O3S. The van der Waals surface area contributed by atoms with E-state index in [0.29, 0.717) is 17.9 Å². The molecule has 1 atom stereocenters. The smallest absolute Gasteiger partial charge is 0.335 e. The normalized spacial score (nSPS) is 11.7. The molecule has 0 fully saturated rings. The van der Waals surface area contributed by atoms with Crippen LogP contribution in [0.2, 0.25) is 0 Å². The topological polar surface area (TPSA) is 92.2 Å². The van der Waals surface area contributed by atoms with Crippen molar-refractivity contribution in [2.75, 3.05) is 5.32 Å². The molecule has 1 heterocycles. The first-order chi connectivity index (χ1) is 14.0. The number of carboxylic acids is 1. The molecule has 0 aliphatic rings. The van der Waals surface area contributed by atoms with Crippen LogP contribution in [-0.4, -0.2) is 32.2 Å². The van der Waals surface area contributed by atoms with E-state index in [1.807, 2.05) is 50.2 Å². The number of carboxylic acid groups (broad SMARTS) is 1. The van der Waals surface area contributed by atoms with Crippen LogP contribution in [0.1, 0.15) is 29.5 Å². The number of aryl methyl sites for hydroxylation is 1. The number of thioether (sulfide) groups is 1. The summed E-state index contributed by atoms with van der Waals surface area (Å²) < 4.78 is 0. The molecule has 3 aromatic rings. The second-order valence-electron chi connectivity index (χ2n) is 6.39. The number of nitrogens with zero attached hydrogens (tertiary/aromatic N) is 2. The Balaban J connectivity index is 1.74. The van der Waals surface area contributed by atoms with Gasteiger partial charge >= 0.3 is 5.97 Å². The molecule has 29 heavy (non-hydrogen) atoms. The summed E-state index contributed by atoms with van der Waals surface area (Å²) in [6.07, 6.45) is 0.618. The molecule has 0 bridgehead atoms. The number of nitrogens with one attached hydrogen (secondary N) is 1. The minimum atomic E-state index is -1.00. The maximum atomic E-state index is 12.7. The van der Waals surface area contributed by atoms with Gasteiger partial charge < -0.3 is 10.4 Å². The molecule has 1 aromatic heterocycles. The number of hydrogen-bond acceptors (Lipinski definition) is 5. The average Bonchev–Trinajstić information content (AvgIpc) is 2.72. The standard InChI is InChI=1S/C22H21N3O3S/c1-3-19(21(26)25-17-11-9-16(10-12-17)22(27)28)29-20-13-18(23-14(2)24-20)15-7-5-4-6-8-15/h4-13,19H,3H2,1-2H3,(H,25,26)(H,27,28). The first kappa shape index (κ1) is 20.5. The molecule has 0 saturated heterocycles. The number of benzene rings is 2. The molecule has 7 heteroatoms. The summed E-state index contributed by atoms with van der Waals surface area (Å²) in [5, 5.41) is 12.2. The van der Waals surface area contributed by atoms with Crippen molar-refractivity contribution < 1.29 is 14.7 Å². The fourth-order valence-corrected chi connectivity index (χ4v) is 3.73. The zero-order valence-corrected chi connectivity index (χ0v) is 16.9. The third-order valence-corrected chi connectivity index (χ3v) is 5.49. The van der Waals surface area contributed by atoms with Crippen molar-refractivity contribution in [3.05, 3.63) is 72.1 Å². The van der Waals surface area contributed by atoms with E-state index in [-0.39, 0.29) is 16.7 Å². The zero-order chi connectivity index (χ0) is 20.8. The third-order valence-electron chi connectivity index (χ3n) is 4.21. The summed E-state index contributed by atoms with van der Waals surface area (Å²) in [5.74, 6) is -0.510. The fraction of sp³-hybridized carbons (Fsp3) is 0.182. The Hall–Kier alpha value is -3.19. The highest BCUT2D eigenvalue weighted by Gasteiger charge is 2.20. The highest BCUT2D eigenvalue weighted by molar-refractivity contribution is 8.00. The predicted octanol–water partition coefficient (Wildman–Crippen LogP) is 4.66. The van der Waals surface area contributed by atoms with E-state index in [4.69, 9.17) is 5.11 Å². The summed E-state index contributed by atoms with van der Waals surface area (Å²) in [6.45, 7) is 3.78. The van der Waals surface area contributed by atoms with E-state index >= 15 is 0 Å². The van der Waals surface area contributed by atoms with Crippen LogP contribution in [0.3, 0.4) is 0 Å². The van der Waals surface area contributed by atoms with Gasteiger partial charge in [0.25, 0.3) is 0 Å². The van der Waals surface area contributed by atoms with Crippen molar-refractivity contribution in [1.29, 1.82) is 0 Å². The van der Waals surface area contributed by atoms with Crippen molar-refractivity contribution in [2.45, 2.75) is 30.5 Å². The van der Waals surface area contributed by atoms with Crippen LogP contribution < -0.4 is 5.32 Å². The van der Waals surface area contributed by atoms with E-state index < -0.39 is 5.97 Å². The van der Waals surface area contributed by atoms with Gasteiger partial charge in [0.1, 0.15) is 10.9 Å². The number of hydrogen-bond donors (Lipinski definition) is 2. The van der Waals surface area contributed by atoms with E-state index in [9.17, 15) is 9.59 Å². The van der Waals surface area contributed by atoms with E-state index in [1.165, 1.54) is 23.9 Å². The first-order valence-corrected chi connectivity index (χ1v) is 10.1. The number of amides is 1. The van der Waals surface area contributed by atoms with E-state index in [1.54, 1.807) is 12.1 Å². The molecule has 0 aliphatic carbocycles. The van der Waals surface area contributed by atoms with Gasteiger partial charge in [-0.1, -0.05) is 49.0 Å². The Labute approximate surface area is 173 Å². The minimum Gasteiger partial charge on any atom is -0.478 e. The molecule has 3 rings (SSSR count). The minimum absolute atomic E-state index is 0.155. The maximum Gasteiger partial charge on any atom is 0.335 e. The van der Waals surface area contributed by atoms with Crippen LogP contribution in [-0.2, 0) is 4.79 Å². The molecule has 148 valence electrons. The van der Waals surface area contributed by atoms with Gasteiger partial charge in [-0.15, -0.1) is 0 Å². The van der Waals surface area contributed by atoms with Crippen molar-refractivity contribution >= 4 is 29.3 Å². The first-order valence-electron chi connectivity index (χ1n) is 9.18. The molecule has 0 radical (unpaired) electrons. The molecule has 0 spiro atoms. The molecule has 0 aliphatic heterocycles. The molecule has 6 nitrogen and oxygen atoms in total. The van der Waals surface area contributed by atoms with Crippen LogP contribution in [0.4, 0.5) is 5.69 Å². The van der Waals surface area contributed by atoms with Crippen molar-refractivity contribution in [2.24, 2.45) is 0 Å². The fourth-order valence-electron chi connectivity index (χ4n) is 2.74. The lowest BCUT2D eigenvalue weighted by molar-refractivity contribution is -0.115. The summed E-state index contributed by atoms with van der Waals surface area (Å²) in [4.78, 5) is 32.6. The zero-order valence-electron chi connectivity index (χ0n) is 16.1. The Bertz CT molecular complexity index is 1010. The van der Waals surface area contributed by atoms with Gasteiger partial charge in [0.05, 0.1) is 16.5 Å². The Morgan fingerprint density at radius 2 is 1.76 bits per heavy atom. The summed E-state index contributed by atoms with van der Waals surface area (Å²) in [6, 6.07) is 17.8. The molecule has 2 aromatic carbocycles. The lowest BCUT2D eigenvalue weighted by Crippen LogP contribution is -2.24. The quantitative estimate of drug-likeness (QED) is 0.437. The van der Waals surface area contributed by atoms with Crippen molar-refractivity contribution in [3.8, 4) is 11.3 Å². The molecular weight excluding hydrogens is 386 g/mol. The van der Waals surface area contributed by atoms with Gasteiger partial charge in [0.15, 0.2) is 0 Å². The number of rotatable bonds is 7. The Morgan fingerprint density at radius 1 is 1.07 bits per heavy atom. The van der Waals surface area contributed by atoms with Crippen LogP contribution in [0, 0.1) is 6.92 Å². The summed E-state index contributed by atoms with van der Waals surface area (Å²) in [5.41, 5.74) is 2.55. The maximum absolute atomic E-state index is 12.7. The number of anilines is 1. The van der Waals surface area contributed by atoms with Gasteiger partial charge in [-0.05, 0) is 43.7 Å². The van der Waals surface area contributed by atoms with Crippen LogP contribution in [0.25, 0.3) is 11.3 Å². The summed E-state index contributed by atoms with van der Waals surface area (Å²) >= 11 is 1.39. The monoisotopic (exact) mass is 407 g/mol. The molecule has 1 unspecified atom stereocenters. The van der Waals surface area contributed by atoms with E-state index in [0.717, 1.165) is 16.3 Å². The van der Waals surface area contributed by atoms with Crippen molar-refractivity contribution in [3.63, 3.8) is 0 Å². The lowest BCUT2D eigenvalue weighted by Gasteiger charge is -2.15. The molecule has 1 amide bonds. The van der Waals surface area contributed by atoms with Gasteiger partial charge in [-0.25, -0.2) is 14.8 Å². The Kier molecular flexibility index (Phi) is 6.61. The lowest BCUT2D eigenvalue weighted by atomic mass is 10.1. The largest absolute Gasteiger partial charge is 0.478 e. The predicted molar refractivity (Wildman–Crippen MR) is 114 cm³/mol. The van der Waals surface area contributed by atoms with Gasteiger partial charge in [-0.2, -0.15) is 0 Å². The SMILES string of the molecule is CCC(Sc1cc(-c2ccccc2)nc(C)n1)C(=O)Nc1ccc(C(=O)O)cc1. The van der Waals surface area contributed by atoms with Crippen molar-refractivity contribution in [1.82, 2.24) is 9.97 Å². The number of carbonyl (C=O) groups is 2. The molecule has 2 N–H and O–H groups in total. The Morgan fingerprint density at radius 3 is 2.38 bits per heavy atom.